The largest absolute Gasteiger partial charge is 0.341 e. The van der Waals surface area contributed by atoms with Gasteiger partial charge in [0.1, 0.15) is 6.04 Å². The van der Waals surface area contributed by atoms with Crippen LogP contribution in [-0.2, 0) is 4.79 Å². The molecule has 32 heavy (non-hydrogen) atoms. The first kappa shape index (κ1) is 21.1. The molecular formula is C24H29N5O2S. The number of thiophene rings is 1. The summed E-state index contributed by atoms with van der Waals surface area (Å²) >= 11 is 1.60. The predicted octanol–water partition coefficient (Wildman–Crippen LogP) is 4.36. The van der Waals surface area contributed by atoms with E-state index in [1.165, 1.54) is 0 Å². The Bertz CT molecular complexity index is 1130. The quantitative estimate of drug-likeness (QED) is 0.591. The van der Waals surface area contributed by atoms with Gasteiger partial charge in [-0.2, -0.15) is 5.10 Å². The van der Waals surface area contributed by atoms with Gasteiger partial charge in [-0.3, -0.25) is 9.59 Å². The molecule has 0 bridgehead atoms. The minimum Gasteiger partial charge on any atom is -0.341 e. The summed E-state index contributed by atoms with van der Waals surface area (Å²) in [6.45, 7) is 6.34. The molecule has 0 radical (unpaired) electrons. The maximum absolute atomic E-state index is 13.9. The number of rotatable bonds is 4. The Morgan fingerprint density at radius 2 is 1.91 bits per heavy atom. The monoisotopic (exact) mass is 451 g/mol. The highest BCUT2D eigenvalue weighted by Crippen LogP contribution is 2.31. The Morgan fingerprint density at radius 3 is 2.62 bits per heavy atom. The number of carbonyl (C=O) groups is 2. The van der Waals surface area contributed by atoms with E-state index in [-0.39, 0.29) is 23.9 Å². The van der Waals surface area contributed by atoms with Crippen LogP contribution in [0.5, 0.6) is 0 Å². The maximum Gasteiger partial charge on any atom is 0.255 e. The topological polar surface area (TPSA) is 71.3 Å². The van der Waals surface area contributed by atoms with Gasteiger partial charge in [-0.05, 0) is 63.5 Å². The molecule has 0 spiro atoms. The second kappa shape index (κ2) is 8.65. The van der Waals surface area contributed by atoms with Gasteiger partial charge in [0, 0.05) is 25.7 Å². The number of pyridine rings is 1. The Balaban J connectivity index is 1.57. The third-order valence-electron chi connectivity index (χ3n) is 6.53. The molecule has 7 nitrogen and oxygen atoms in total. The van der Waals surface area contributed by atoms with E-state index < -0.39 is 0 Å². The molecule has 3 aromatic rings. The molecule has 0 saturated carbocycles. The molecule has 2 amide bonds. The molecule has 0 N–H and O–H groups in total. The van der Waals surface area contributed by atoms with Crippen molar-refractivity contribution in [1.29, 1.82) is 0 Å². The minimum atomic E-state index is -0.372. The van der Waals surface area contributed by atoms with Gasteiger partial charge >= 0.3 is 0 Å². The standard InChI is InChI=1S/C24H29N5O2S/c1-16(2)29-22-18(15-25-29)17(14-19(26-22)21-9-7-13-32-21)23(30)28-12-4-3-8-20(28)24(31)27-10-5-6-11-27/h7,9,13-16,20H,3-6,8,10-12H2,1-2H3. The van der Waals surface area contributed by atoms with Gasteiger partial charge in [-0.15, -0.1) is 11.3 Å². The van der Waals surface area contributed by atoms with E-state index >= 15 is 0 Å². The first-order valence-electron chi connectivity index (χ1n) is 11.6. The number of nitrogens with zero attached hydrogens (tertiary/aromatic N) is 5. The lowest BCUT2D eigenvalue weighted by Crippen LogP contribution is -2.52. The van der Waals surface area contributed by atoms with E-state index in [1.807, 2.05) is 38.1 Å². The lowest BCUT2D eigenvalue weighted by Gasteiger charge is -2.37. The van der Waals surface area contributed by atoms with Crippen LogP contribution in [0.25, 0.3) is 21.6 Å². The summed E-state index contributed by atoms with van der Waals surface area (Å²) in [5.74, 6) is 0.0213. The summed E-state index contributed by atoms with van der Waals surface area (Å²) < 4.78 is 1.87. The van der Waals surface area contributed by atoms with E-state index in [9.17, 15) is 9.59 Å². The van der Waals surface area contributed by atoms with Gasteiger partial charge in [0.05, 0.1) is 27.7 Å². The maximum atomic E-state index is 13.9. The highest BCUT2D eigenvalue weighted by molar-refractivity contribution is 7.13. The van der Waals surface area contributed by atoms with Crippen molar-refractivity contribution in [2.45, 2.75) is 58.0 Å². The van der Waals surface area contributed by atoms with E-state index in [0.29, 0.717) is 17.8 Å². The highest BCUT2D eigenvalue weighted by atomic mass is 32.1. The summed E-state index contributed by atoms with van der Waals surface area (Å²) in [5.41, 5.74) is 2.08. The molecule has 5 rings (SSSR count). The van der Waals surface area contributed by atoms with Crippen LogP contribution in [0.1, 0.15) is 62.4 Å². The third-order valence-corrected chi connectivity index (χ3v) is 7.42. The predicted molar refractivity (Wildman–Crippen MR) is 126 cm³/mol. The Kier molecular flexibility index (Phi) is 5.71. The van der Waals surface area contributed by atoms with Gasteiger partial charge in [0.15, 0.2) is 5.65 Å². The summed E-state index contributed by atoms with van der Waals surface area (Å²) in [6, 6.07) is 5.64. The molecule has 0 aliphatic carbocycles. The molecular weight excluding hydrogens is 422 g/mol. The van der Waals surface area contributed by atoms with Crippen molar-refractivity contribution in [3.8, 4) is 10.6 Å². The van der Waals surface area contributed by atoms with Crippen molar-refractivity contribution in [2.75, 3.05) is 19.6 Å². The number of hydrogen-bond donors (Lipinski definition) is 0. The van der Waals surface area contributed by atoms with Crippen LogP contribution in [0.3, 0.4) is 0 Å². The van der Waals surface area contributed by atoms with Gasteiger partial charge in [-0.1, -0.05) is 6.07 Å². The first-order valence-corrected chi connectivity index (χ1v) is 12.4. The Labute approximate surface area is 192 Å². The second-order valence-corrected chi connectivity index (χ2v) is 9.94. The average Bonchev–Trinajstić information content (AvgIpc) is 3.58. The van der Waals surface area contributed by atoms with Crippen LogP contribution in [0.15, 0.2) is 29.8 Å². The van der Waals surface area contributed by atoms with Gasteiger partial charge < -0.3 is 9.80 Å². The number of piperidine rings is 1. The van der Waals surface area contributed by atoms with Crippen molar-refractivity contribution < 1.29 is 9.59 Å². The van der Waals surface area contributed by atoms with Crippen LogP contribution in [-0.4, -0.2) is 62.1 Å². The summed E-state index contributed by atoms with van der Waals surface area (Å²) in [7, 11) is 0. The fourth-order valence-corrected chi connectivity index (χ4v) is 5.54. The van der Waals surface area contributed by atoms with E-state index in [4.69, 9.17) is 4.98 Å². The SMILES string of the molecule is CC(C)n1ncc2c(C(=O)N3CCCCC3C(=O)N3CCCC3)cc(-c3cccs3)nc21. The highest BCUT2D eigenvalue weighted by Gasteiger charge is 2.36. The molecule has 168 valence electrons. The number of fused-ring (bicyclic) bond motifs is 1. The van der Waals surface area contributed by atoms with E-state index in [0.717, 1.165) is 61.2 Å². The molecule has 8 heteroatoms. The summed E-state index contributed by atoms with van der Waals surface area (Å²) in [6.07, 6.45) is 6.48. The van der Waals surface area contributed by atoms with Gasteiger partial charge in [0.25, 0.3) is 5.91 Å². The smallest absolute Gasteiger partial charge is 0.255 e. The number of amides is 2. The fourth-order valence-electron chi connectivity index (χ4n) is 4.86. The fraction of sp³-hybridized carbons (Fsp3) is 0.500. The van der Waals surface area contributed by atoms with Crippen molar-refractivity contribution in [3.63, 3.8) is 0 Å². The average molecular weight is 452 g/mol. The molecule has 2 saturated heterocycles. The molecule has 3 aromatic heterocycles. The molecule has 1 unspecified atom stereocenters. The zero-order valence-electron chi connectivity index (χ0n) is 18.7. The number of aromatic nitrogens is 3. The Hall–Kier alpha value is -2.74. The summed E-state index contributed by atoms with van der Waals surface area (Å²) in [5, 5.41) is 7.30. The molecule has 1 atom stereocenters. The lowest BCUT2D eigenvalue weighted by molar-refractivity contribution is -0.136. The van der Waals surface area contributed by atoms with Crippen molar-refractivity contribution in [1.82, 2.24) is 24.6 Å². The number of likely N-dealkylation sites (tertiary alicyclic amines) is 2. The third kappa shape index (κ3) is 3.70. The molecule has 0 aromatic carbocycles. The number of carbonyl (C=O) groups excluding carboxylic acids is 2. The van der Waals surface area contributed by atoms with Crippen LogP contribution >= 0.6 is 11.3 Å². The first-order chi connectivity index (χ1) is 15.5. The second-order valence-electron chi connectivity index (χ2n) is 9.00. The zero-order chi connectivity index (χ0) is 22.2. The van der Waals surface area contributed by atoms with Gasteiger partial charge in [-0.25, -0.2) is 9.67 Å². The summed E-state index contributed by atoms with van der Waals surface area (Å²) in [4.78, 5) is 36.8. The lowest BCUT2D eigenvalue weighted by atomic mass is 9.99. The molecule has 5 heterocycles. The number of hydrogen-bond acceptors (Lipinski definition) is 5. The van der Waals surface area contributed by atoms with E-state index in [2.05, 4.69) is 18.9 Å². The van der Waals surface area contributed by atoms with Gasteiger partial charge in [0.2, 0.25) is 5.91 Å². The molecule has 2 fully saturated rings. The van der Waals surface area contributed by atoms with E-state index in [1.54, 1.807) is 17.5 Å². The zero-order valence-corrected chi connectivity index (χ0v) is 19.5. The normalized spacial score (nSPS) is 19.3. The Morgan fingerprint density at radius 1 is 1.12 bits per heavy atom. The molecule has 2 aliphatic rings. The van der Waals surface area contributed by atoms with Crippen molar-refractivity contribution in [2.24, 2.45) is 0 Å². The van der Waals surface area contributed by atoms with Crippen molar-refractivity contribution in [3.05, 3.63) is 35.3 Å². The van der Waals surface area contributed by atoms with Crippen LogP contribution in [0.4, 0.5) is 0 Å². The van der Waals surface area contributed by atoms with Crippen LogP contribution in [0, 0.1) is 0 Å². The minimum absolute atomic E-state index is 0.0873. The van der Waals surface area contributed by atoms with Crippen LogP contribution < -0.4 is 0 Å². The van der Waals surface area contributed by atoms with Crippen LogP contribution in [0.2, 0.25) is 0 Å². The van der Waals surface area contributed by atoms with Crippen molar-refractivity contribution >= 4 is 34.2 Å². The molecule has 2 aliphatic heterocycles.